The van der Waals surface area contributed by atoms with Crippen LogP contribution in [0.1, 0.15) is 72.2 Å². The van der Waals surface area contributed by atoms with Crippen molar-refractivity contribution in [3.63, 3.8) is 0 Å². The zero-order valence-electron chi connectivity index (χ0n) is 18.8. The van der Waals surface area contributed by atoms with E-state index >= 15 is 0 Å². The molecule has 0 saturated carbocycles. The Kier molecular flexibility index (Phi) is 6.89. The smallest absolute Gasteiger partial charge is 0.179 e. The second-order valence-corrected chi connectivity index (χ2v) is 9.08. The van der Waals surface area contributed by atoms with Crippen LogP contribution in [0.2, 0.25) is 0 Å². The Balaban J connectivity index is 1.48. The normalized spacial score (nSPS) is 15.6. The molecule has 0 atom stereocenters. The summed E-state index contributed by atoms with van der Waals surface area (Å²) < 4.78 is 2.42. The van der Waals surface area contributed by atoms with Crippen molar-refractivity contribution in [2.24, 2.45) is 0 Å². The molecule has 0 saturated heterocycles. The standard InChI is InChI=1S/C27H37N2O/c1-21-17-23(18-22(2)29(21)15-5-3-4-6-16-30)11-12-24-19-25-9-7-13-28-14-8-10-26(20-24)27(25)28/h11-12,17-20,30H,3-10,13-16H2,1-2H3/q+1. The molecule has 2 aliphatic heterocycles. The van der Waals surface area contributed by atoms with E-state index in [4.69, 9.17) is 5.11 Å². The van der Waals surface area contributed by atoms with Gasteiger partial charge in [-0.15, -0.1) is 0 Å². The molecule has 2 aromatic rings. The molecule has 0 bridgehead atoms. The second-order valence-electron chi connectivity index (χ2n) is 9.08. The molecule has 0 radical (unpaired) electrons. The molecule has 1 aromatic carbocycles. The largest absolute Gasteiger partial charge is 0.396 e. The highest BCUT2D eigenvalue weighted by molar-refractivity contribution is 5.74. The maximum absolute atomic E-state index is 8.92. The molecule has 1 aromatic heterocycles. The van der Waals surface area contributed by atoms with Gasteiger partial charge in [-0.1, -0.05) is 18.6 Å². The lowest BCUT2D eigenvalue weighted by molar-refractivity contribution is -0.709. The molecule has 0 spiro atoms. The van der Waals surface area contributed by atoms with Gasteiger partial charge in [-0.05, 0) is 72.9 Å². The molecular formula is C27H37N2O+. The van der Waals surface area contributed by atoms with Gasteiger partial charge in [0.25, 0.3) is 0 Å². The number of rotatable bonds is 8. The number of aryl methyl sites for hydroxylation is 4. The van der Waals surface area contributed by atoms with Gasteiger partial charge in [0.2, 0.25) is 0 Å². The van der Waals surface area contributed by atoms with Gasteiger partial charge >= 0.3 is 0 Å². The third-order valence-corrected chi connectivity index (χ3v) is 6.72. The van der Waals surface area contributed by atoms with Crippen LogP contribution in [0.15, 0.2) is 24.3 Å². The average molecular weight is 406 g/mol. The van der Waals surface area contributed by atoms with E-state index in [1.54, 1.807) is 16.8 Å². The van der Waals surface area contributed by atoms with Crippen molar-refractivity contribution in [3.8, 4) is 0 Å². The molecule has 1 N–H and O–H groups in total. The molecular weight excluding hydrogens is 368 g/mol. The summed E-state index contributed by atoms with van der Waals surface area (Å²) in [5.74, 6) is 0. The lowest BCUT2D eigenvalue weighted by Gasteiger charge is -2.37. The van der Waals surface area contributed by atoms with E-state index in [1.807, 2.05) is 0 Å². The fraction of sp³-hybridized carbons (Fsp3) is 0.519. The highest BCUT2D eigenvalue weighted by Gasteiger charge is 2.23. The summed E-state index contributed by atoms with van der Waals surface area (Å²) in [5, 5.41) is 8.92. The van der Waals surface area contributed by atoms with Crippen LogP contribution in [0.4, 0.5) is 5.69 Å². The second kappa shape index (κ2) is 9.78. The van der Waals surface area contributed by atoms with E-state index in [-0.39, 0.29) is 0 Å². The Hall–Kier alpha value is -2.13. The zero-order chi connectivity index (χ0) is 20.9. The summed E-state index contributed by atoms with van der Waals surface area (Å²) >= 11 is 0. The first-order valence-electron chi connectivity index (χ1n) is 11.9. The number of anilines is 1. The maximum Gasteiger partial charge on any atom is 0.179 e. The van der Waals surface area contributed by atoms with Crippen molar-refractivity contribution < 1.29 is 9.67 Å². The number of aromatic nitrogens is 1. The molecule has 0 amide bonds. The summed E-state index contributed by atoms with van der Waals surface area (Å²) in [6.07, 6.45) is 14.0. The average Bonchev–Trinajstić information content (AvgIpc) is 2.74. The number of aliphatic hydroxyl groups is 1. The molecule has 30 heavy (non-hydrogen) atoms. The minimum atomic E-state index is 0.316. The number of benzene rings is 1. The molecule has 0 fully saturated rings. The van der Waals surface area contributed by atoms with Gasteiger partial charge in [-0.3, -0.25) is 0 Å². The summed E-state index contributed by atoms with van der Waals surface area (Å²) in [7, 11) is 0. The van der Waals surface area contributed by atoms with Crippen LogP contribution in [0.25, 0.3) is 12.2 Å². The van der Waals surface area contributed by atoms with Crippen LogP contribution in [0.5, 0.6) is 0 Å². The Morgan fingerprint density at radius 1 is 0.833 bits per heavy atom. The van der Waals surface area contributed by atoms with Crippen LogP contribution in [0, 0.1) is 13.8 Å². The van der Waals surface area contributed by atoms with E-state index < -0.39 is 0 Å². The fourth-order valence-corrected chi connectivity index (χ4v) is 5.26. The van der Waals surface area contributed by atoms with E-state index in [0.29, 0.717) is 6.61 Å². The molecule has 0 unspecified atom stereocenters. The van der Waals surface area contributed by atoms with Gasteiger partial charge in [-0.2, -0.15) is 0 Å². The molecule has 3 heteroatoms. The maximum atomic E-state index is 8.92. The van der Waals surface area contributed by atoms with E-state index in [1.165, 1.54) is 74.1 Å². The first kappa shape index (κ1) is 21.1. The molecule has 3 nitrogen and oxygen atoms in total. The van der Waals surface area contributed by atoms with Crippen LogP contribution >= 0.6 is 0 Å². The summed E-state index contributed by atoms with van der Waals surface area (Å²) in [6, 6.07) is 9.45. The first-order valence-corrected chi connectivity index (χ1v) is 11.9. The topological polar surface area (TPSA) is 27.4 Å². The lowest BCUT2D eigenvalue weighted by atomic mass is 9.90. The van der Waals surface area contributed by atoms with Crippen LogP contribution in [0.3, 0.4) is 0 Å². The SMILES string of the molecule is Cc1cc(/C=C/c2cc3c4c(c2)CCCN4CCC3)cc(C)[n+]1CCCCCCO. The number of unbranched alkanes of at least 4 members (excludes halogenated alkanes) is 3. The Bertz CT molecular complexity index is 861. The van der Waals surface area contributed by atoms with Crippen LogP contribution in [-0.4, -0.2) is 24.8 Å². The summed E-state index contributed by atoms with van der Waals surface area (Å²) in [4.78, 5) is 2.61. The van der Waals surface area contributed by atoms with Crippen LogP contribution in [-0.2, 0) is 19.4 Å². The summed E-state index contributed by atoms with van der Waals surface area (Å²) in [6.45, 7) is 8.29. The third-order valence-electron chi connectivity index (χ3n) is 6.72. The predicted octanol–water partition coefficient (Wildman–Crippen LogP) is 5.01. The number of hydrogen-bond donors (Lipinski definition) is 1. The van der Waals surface area contributed by atoms with Gasteiger partial charge in [0, 0.05) is 57.8 Å². The van der Waals surface area contributed by atoms with Crippen molar-refractivity contribution >= 4 is 17.8 Å². The minimum Gasteiger partial charge on any atom is -0.396 e. The Labute approximate surface area is 182 Å². The van der Waals surface area contributed by atoms with Gasteiger partial charge in [-0.25, -0.2) is 4.57 Å². The fourth-order valence-electron chi connectivity index (χ4n) is 5.26. The van der Waals surface area contributed by atoms with Crippen molar-refractivity contribution in [1.82, 2.24) is 0 Å². The van der Waals surface area contributed by atoms with Crippen molar-refractivity contribution in [2.75, 3.05) is 24.6 Å². The molecule has 4 rings (SSSR count). The van der Waals surface area contributed by atoms with E-state index in [9.17, 15) is 0 Å². The number of nitrogens with zero attached hydrogens (tertiary/aromatic N) is 2. The van der Waals surface area contributed by atoms with Gasteiger partial charge in [0.05, 0.1) is 0 Å². The molecule has 3 heterocycles. The van der Waals surface area contributed by atoms with Gasteiger partial charge in [0.1, 0.15) is 6.54 Å². The van der Waals surface area contributed by atoms with Gasteiger partial charge in [0.15, 0.2) is 11.4 Å². The summed E-state index contributed by atoms with van der Waals surface area (Å²) in [5.41, 5.74) is 9.95. The Morgan fingerprint density at radius 2 is 1.40 bits per heavy atom. The van der Waals surface area contributed by atoms with Crippen molar-refractivity contribution in [1.29, 1.82) is 0 Å². The molecule has 160 valence electrons. The van der Waals surface area contributed by atoms with Crippen LogP contribution < -0.4 is 9.47 Å². The Morgan fingerprint density at radius 3 is 2.00 bits per heavy atom. The van der Waals surface area contributed by atoms with Gasteiger partial charge < -0.3 is 10.0 Å². The van der Waals surface area contributed by atoms with Crippen molar-refractivity contribution in [2.45, 2.75) is 71.8 Å². The number of aliphatic hydroxyl groups excluding tert-OH is 1. The molecule has 0 aliphatic carbocycles. The lowest BCUT2D eigenvalue weighted by Crippen LogP contribution is -2.40. The highest BCUT2D eigenvalue weighted by Crippen LogP contribution is 2.36. The predicted molar refractivity (Wildman–Crippen MR) is 126 cm³/mol. The minimum absolute atomic E-state index is 0.316. The monoisotopic (exact) mass is 405 g/mol. The number of hydrogen-bond acceptors (Lipinski definition) is 2. The van der Waals surface area contributed by atoms with E-state index in [2.05, 4.69) is 59.7 Å². The van der Waals surface area contributed by atoms with Crippen molar-refractivity contribution in [3.05, 3.63) is 57.9 Å². The number of pyridine rings is 1. The molecule has 2 aliphatic rings. The zero-order valence-corrected chi connectivity index (χ0v) is 18.8. The van der Waals surface area contributed by atoms with E-state index in [0.717, 1.165) is 19.4 Å². The first-order chi connectivity index (χ1) is 14.7. The quantitative estimate of drug-likeness (QED) is 0.494. The third kappa shape index (κ3) is 4.78. The highest BCUT2D eigenvalue weighted by atomic mass is 16.2.